The first-order valence-corrected chi connectivity index (χ1v) is 5.98. The number of nitrogens with zero attached hydrogens (tertiary/aromatic N) is 2. The predicted molar refractivity (Wildman–Crippen MR) is 71.7 cm³/mol. The summed E-state index contributed by atoms with van der Waals surface area (Å²) in [6, 6.07) is 3.07. The fraction of sp³-hybridized carbons (Fsp3) is 0.0769. The normalized spacial score (nSPS) is 10.3. The van der Waals surface area contributed by atoms with Gasteiger partial charge in [-0.2, -0.15) is 4.39 Å². The minimum absolute atomic E-state index is 0.0996. The summed E-state index contributed by atoms with van der Waals surface area (Å²) in [6.45, 7) is 0. The molecule has 1 aromatic heterocycles. The number of nitrogens with one attached hydrogen (secondary N) is 1. The minimum Gasteiger partial charge on any atom is -0.481 e. The van der Waals surface area contributed by atoms with Crippen LogP contribution in [-0.2, 0) is 0 Å². The van der Waals surface area contributed by atoms with Gasteiger partial charge in [-0.15, -0.1) is 0 Å². The van der Waals surface area contributed by atoms with Crippen molar-refractivity contribution in [2.45, 2.75) is 0 Å². The molecule has 0 bridgehead atoms. The summed E-state index contributed by atoms with van der Waals surface area (Å²) < 4.78 is 45.0. The van der Waals surface area contributed by atoms with Crippen LogP contribution in [0.2, 0.25) is 0 Å². The second kappa shape index (κ2) is 6.30. The lowest BCUT2D eigenvalue weighted by atomic mass is 10.1. The molecule has 0 atom stereocenters. The van der Waals surface area contributed by atoms with Crippen LogP contribution in [0.5, 0.6) is 5.88 Å². The van der Waals surface area contributed by atoms with Crippen LogP contribution in [0.25, 0.3) is 0 Å². The van der Waals surface area contributed by atoms with E-state index in [1.165, 1.54) is 25.4 Å². The van der Waals surface area contributed by atoms with E-state index in [-0.39, 0.29) is 11.6 Å². The first-order valence-electron chi connectivity index (χ1n) is 5.98. The Kier molecular flexibility index (Phi) is 4.44. The number of aromatic nitrogens is 1. The number of carbonyl (C=O) groups is 1. The largest absolute Gasteiger partial charge is 0.481 e. The van der Waals surface area contributed by atoms with Crippen LogP contribution < -0.4 is 10.1 Å². The lowest BCUT2D eigenvalue weighted by Crippen LogP contribution is -2.16. The lowest BCUT2D eigenvalue weighted by molar-refractivity contribution is -0.387. The molecule has 1 aromatic carbocycles. The van der Waals surface area contributed by atoms with Gasteiger partial charge >= 0.3 is 5.69 Å². The van der Waals surface area contributed by atoms with Gasteiger partial charge in [-0.3, -0.25) is 14.9 Å². The molecule has 0 aliphatic rings. The van der Waals surface area contributed by atoms with E-state index in [9.17, 15) is 28.1 Å². The Bertz CT molecular complexity index is 781. The molecule has 0 unspecified atom stereocenters. The van der Waals surface area contributed by atoms with Gasteiger partial charge in [0.05, 0.1) is 29.5 Å². The van der Waals surface area contributed by atoms with Gasteiger partial charge in [0.25, 0.3) is 5.91 Å². The van der Waals surface area contributed by atoms with E-state index >= 15 is 0 Å². The summed E-state index contributed by atoms with van der Waals surface area (Å²) in [6.07, 6.45) is 1.17. The van der Waals surface area contributed by atoms with Crippen LogP contribution in [0.1, 0.15) is 10.4 Å². The summed E-state index contributed by atoms with van der Waals surface area (Å²) >= 11 is 0. The molecule has 1 heterocycles. The predicted octanol–water partition coefficient (Wildman–Crippen LogP) is 2.67. The molecule has 1 amide bonds. The average Bonchev–Trinajstić information content (AvgIpc) is 2.53. The van der Waals surface area contributed by atoms with Gasteiger partial charge in [-0.25, -0.2) is 13.8 Å². The average molecular weight is 327 g/mol. The first-order chi connectivity index (χ1) is 10.8. The highest BCUT2D eigenvalue weighted by molar-refractivity contribution is 6.04. The van der Waals surface area contributed by atoms with Crippen LogP contribution in [0.3, 0.4) is 0 Å². The van der Waals surface area contributed by atoms with E-state index in [0.29, 0.717) is 6.07 Å². The maximum absolute atomic E-state index is 13.6. The summed E-state index contributed by atoms with van der Waals surface area (Å²) in [4.78, 5) is 25.0. The third kappa shape index (κ3) is 3.20. The maximum atomic E-state index is 13.6. The highest BCUT2D eigenvalue weighted by Gasteiger charge is 2.28. The van der Waals surface area contributed by atoms with Gasteiger partial charge in [0, 0.05) is 12.1 Å². The van der Waals surface area contributed by atoms with E-state index < -0.39 is 39.5 Å². The van der Waals surface area contributed by atoms with Crippen molar-refractivity contribution in [1.29, 1.82) is 0 Å². The molecule has 0 fully saturated rings. The Labute approximate surface area is 126 Å². The zero-order valence-electron chi connectivity index (χ0n) is 11.5. The molecule has 10 heteroatoms. The molecule has 0 spiro atoms. The number of anilines is 1. The summed E-state index contributed by atoms with van der Waals surface area (Å²) in [5, 5.41) is 12.8. The number of methoxy groups -OCH3 is 1. The highest BCUT2D eigenvalue weighted by atomic mass is 19.2. The molecule has 2 rings (SSSR count). The number of nitro groups is 1. The molecule has 0 aliphatic heterocycles. The summed E-state index contributed by atoms with van der Waals surface area (Å²) in [7, 11) is 1.37. The van der Waals surface area contributed by atoms with Crippen LogP contribution in [0, 0.1) is 27.6 Å². The number of rotatable bonds is 4. The molecule has 0 aliphatic carbocycles. The maximum Gasteiger partial charge on any atom is 0.308 e. The Morgan fingerprint density at radius 2 is 1.96 bits per heavy atom. The Morgan fingerprint density at radius 1 is 1.26 bits per heavy atom. The fourth-order valence-electron chi connectivity index (χ4n) is 1.66. The molecule has 0 radical (unpaired) electrons. The third-order valence-corrected chi connectivity index (χ3v) is 2.77. The molecule has 7 nitrogen and oxygen atoms in total. The highest BCUT2D eigenvalue weighted by Crippen LogP contribution is 2.26. The van der Waals surface area contributed by atoms with Crippen molar-refractivity contribution in [3.8, 4) is 5.88 Å². The quantitative estimate of drug-likeness (QED) is 0.529. The van der Waals surface area contributed by atoms with Gasteiger partial charge in [0.1, 0.15) is 0 Å². The van der Waals surface area contributed by atoms with E-state index in [0.717, 1.165) is 0 Å². The number of pyridine rings is 1. The number of halogens is 3. The van der Waals surface area contributed by atoms with Crippen molar-refractivity contribution >= 4 is 17.3 Å². The number of nitro benzene ring substituents is 1. The zero-order chi connectivity index (χ0) is 17.1. The zero-order valence-corrected chi connectivity index (χ0v) is 11.5. The number of ether oxygens (including phenoxy) is 1. The number of amides is 1. The van der Waals surface area contributed by atoms with E-state index in [2.05, 4.69) is 10.3 Å². The molecule has 0 saturated heterocycles. The van der Waals surface area contributed by atoms with E-state index in [1.54, 1.807) is 0 Å². The van der Waals surface area contributed by atoms with Gasteiger partial charge in [0.2, 0.25) is 17.5 Å². The molecular formula is C13H8F3N3O4. The van der Waals surface area contributed by atoms with Crippen LogP contribution in [0.15, 0.2) is 24.4 Å². The van der Waals surface area contributed by atoms with E-state index in [1.807, 2.05) is 0 Å². The Morgan fingerprint density at radius 3 is 2.48 bits per heavy atom. The van der Waals surface area contributed by atoms with Gasteiger partial charge < -0.3 is 10.1 Å². The van der Waals surface area contributed by atoms with Crippen molar-refractivity contribution < 1.29 is 27.6 Å². The lowest BCUT2D eigenvalue weighted by Gasteiger charge is -2.07. The summed E-state index contributed by atoms with van der Waals surface area (Å²) in [5.74, 6) is -6.85. The SMILES string of the molecule is COc1ccc(NC(=O)c2cc([N+](=O)[O-])c(F)c(F)c2F)cn1. The van der Waals surface area contributed by atoms with Crippen LogP contribution in [0.4, 0.5) is 24.5 Å². The first kappa shape index (κ1) is 16.2. The monoisotopic (exact) mass is 327 g/mol. The summed E-state index contributed by atoms with van der Waals surface area (Å²) in [5.41, 5.74) is -2.25. The van der Waals surface area contributed by atoms with E-state index in [4.69, 9.17) is 4.74 Å². The number of hydrogen-bond donors (Lipinski definition) is 1. The number of benzene rings is 1. The second-order valence-electron chi connectivity index (χ2n) is 4.19. The fourth-order valence-corrected chi connectivity index (χ4v) is 1.66. The molecule has 2 aromatic rings. The standard InChI is InChI=1S/C13H8F3N3O4/c1-23-9-3-2-6(5-17-9)18-13(20)7-4-8(19(21)22)11(15)12(16)10(7)14/h2-5H,1H3,(H,18,20). The topological polar surface area (TPSA) is 94.4 Å². The Hall–Kier alpha value is -3.17. The number of hydrogen-bond acceptors (Lipinski definition) is 5. The minimum atomic E-state index is -2.10. The smallest absolute Gasteiger partial charge is 0.308 e. The molecule has 23 heavy (non-hydrogen) atoms. The van der Waals surface area contributed by atoms with Gasteiger partial charge in [0.15, 0.2) is 5.82 Å². The third-order valence-electron chi connectivity index (χ3n) is 2.77. The van der Waals surface area contributed by atoms with Crippen molar-refractivity contribution in [3.05, 3.63) is 57.5 Å². The second-order valence-corrected chi connectivity index (χ2v) is 4.19. The van der Waals surface area contributed by atoms with Crippen molar-refractivity contribution in [3.63, 3.8) is 0 Å². The molecular weight excluding hydrogens is 319 g/mol. The van der Waals surface area contributed by atoms with Crippen molar-refractivity contribution in [2.75, 3.05) is 12.4 Å². The van der Waals surface area contributed by atoms with Crippen molar-refractivity contribution in [2.24, 2.45) is 0 Å². The Balaban J connectivity index is 2.36. The van der Waals surface area contributed by atoms with Crippen molar-refractivity contribution in [1.82, 2.24) is 4.98 Å². The van der Waals surface area contributed by atoms with Crippen LogP contribution in [-0.4, -0.2) is 22.9 Å². The molecule has 1 N–H and O–H groups in total. The molecule has 0 saturated carbocycles. The van der Waals surface area contributed by atoms with Gasteiger partial charge in [-0.05, 0) is 6.07 Å². The van der Waals surface area contributed by atoms with Gasteiger partial charge in [-0.1, -0.05) is 0 Å². The van der Waals surface area contributed by atoms with Crippen LogP contribution >= 0.6 is 0 Å². The number of carbonyl (C=O) groups excluding carboxylic acids is 1. The molecule has 120 valence electrons.